The first-order valence-corrected chi connectivity index (χ1v) is 7.05. The molecule has 1 saturated heterocycles. The summed E-state index contributed by atoms with van der Waals surface area (Å²) >= 11 is 0. The minimum Gasteiger partial charge on any atom is -0.386 e. The van der Waals surface area contributed by atoms with E-state index in [9.17, 15) is 0 Å². The molecule has 1 atom stereocenters. The van der Waals surface area contributed by atoms with Gasteiger partial charge < -0.3 is 5.73 Å². The number of hydrogen-bond acceptors (Lipinski definition) is 3. The maximum Gasteiger partial charge on any atom is 0.108 e. The summed E-state index contributed by atoms with van der Waals surface area (Å²) in [5, 5.41) is 7.64. The average molecular weight is 260 g/mol. The summed E-state index contributed by atoms with van der Waals surface area (Å²) in [4.78, 5) is 4.81. The van der Waals surface area contributed by atoms with Crippen molar-refractivity contribution < 1.29 is 0 Å². The van der Waals surface area contributed by atoms with Gasteiger partial charge in [-0.15, -0.1) is 0 Å². The maximum atomic E-state index is 7.64. The largest absolute Gasteiger partial charge is 0.386 e. The fourth-order valence-electron chi connectivity index (χ4n) is 2.75. The first kappa shape index (κ1) is 14.0. The van der Waals surface area contributed by atoms with Crippen molar-refractivity contribution in [3.63, 3.8) is 0 Å². The minimum atomic E-state index is 0.124. The van der Waals surface area contributed by atoms with E-state index in [0.29, 0.717) is 5.84 Å². The van der Waals surface area contributed by atoms with Gasteiger partial charge in [0, 0.05) is 32.7 Å². The Bertz CT molecular complexity index is 396. The predicted octanol–water partition coefficient (Wildman–Crippen LogP) is 1.52. The van der Waals surface area contributed by atoms with E-state index in [0.717, 1.165) is 39.1 Å². The molecule has 0 amide bonds. The third kappa shape index (κ3) is 3.78. The molecular weight excluding hydrogens is 236 g/mol. The average Bonchev–Trinajstić information content (AvgIpc) is 2.42. The van der Waals surface area contributed by atoms with E-state index in [-0.39, 0.29) is 6.04 Å². The van der Waals surface area contributed by atoms with E-state index in [1.54, 1.807) is 0 Å². The normalized spacial score (nSPS) is 19.2. The van der Waals surface area contributed by atoms with Crippen molar-refractivity contribution in [1.29, 1.82) is 5.41 Å². The predicted molar refractivity (Wildman–Crippen MR) is 79.3 cm³/mol. The highest BCUT2D eigenvalue weighted by Gasteiger charge is 2.24. The molecule has 0 radical (unpaired) electrons. The summed E-state index contributed by atoms with van der Waals surface area (Å²) in [5.74, 6) is 0.305. The Morgan fingerprint density at radius 1 is 1.21 bits per heavy atom. The Balaban J connectivity index is 1.84. The fraction of sp³-hybridized carbons (Fsp3) is 0.533. The van der Waals surface area contributed by atoms with Crippen molar-refractivity contribution in [3.05, 3.63) is 35.9 Å². The van der Waals surface area contributed by atoms with Gasteiger partial charge >= 0.3 is 0 Å². The lowest BCUT2D eigenvalue weighted by Gasteiger charge is -2.38. The number of nitrogens with zero attached hydrogens (tertiary/aromatic N) is 2. The van der Waals surface area contributed by atoms with Crippen LogP contribution in [0.5, 0.6) is 0 Å². The fourth-order valence-corrected chi connectivity index (χ4v) is 2.75. The molecule has 1 aromatic carbocycles. The van der Waals surface area contributed by atoms with Gasteiger partial charge in [0.2, 0.25) is 0 Å². The zero-order valence-corrected chi connectivity index (χ0v) is 11.7. The standard InChI is InChI=1S/C15H24N4/c1-2-14(15(16)17)19-10-8-18(9-11-19)12-13-6-4-3-5-7-13/h3-7,14H,2,8-12H2,1H3,(H3,16,17). The second kappa shape index (κ2) is 6.68. The molecule has 4 heteroatoms. The highest BCUT2D eigenvalue weighted by molar-refractivity contribution is 5.82. The molecule has 0 aliphatic carbocycles. The van der Waals surface area contributed by atoms with Crippen LogP contribution in [0.2, 0.25) is 0 Å². The van der Waals surface area contributed by atoms with Gasteiger partial charge in [-0.25, -0.2) is 0 Å². The SMILES string of the molecule is CCC(C(=N)N)N1CCN(Cc2ccccc2)CC1. The van der Waals surface area contributed by atoms with Crippen molar-refractivity contribution in [1.82, 2.24) is 9.80 Å². The van der Waals surface area contributed by atoms with Crippen molar-refractivity contribution in [2.75, 3.05) is 26.2 Å². The van der Waals surface area contributed by atoms with Crippen molar-refractivity contribution in [2.45, 2.75) is 25.9 Å². The van der Waals surface area contributed by atoms with Crippen LogP contribution in [0.3, 0.4) is 0 Å². The van der Waals surface area contributed by atoms with E-state index < -0.39 is 0 Å². The lowest BCUT2D eigenvalue weighted by atomic mass is 10.1. The molecule has 1 aliphatic heterocycles. The van der Waals surface area contributed by atoms with Gasteiger partial charge in [0.1, 0.15) is 5.84 Å². The van der Waals surface area contributed by atoms with Crippen LogP contribution in [-0.2, 0) is 6.54 Å². The summed E-state index contributed by atoms with van der Waals surface area (Å²) in [6.07, 6.45) is 0.925. The zero-order valence-electron chi connectivity index (χ0n) is 11.7. The van der Waals surface area contributed by atoms with E-state index in [4.69, 9.17) is 11.1 Å². The van der Waals surface area contributed by atoms with Gasteiger partial charge in [-0.3, -0.25) is 15.2 Å². The molecule has 0 bridgehead atoms. The van der Waals surface area contributed by atoms with E-state index in [1.807, 2.05) is 0 Å². The summed E-state index contributed by atoms with van der Waals surface area (Å²) in [5.41, 5.74) is 7.03. The Morgan fingerprint density at radius 2 is 1.84 bits per heavy atom. The molecule has 1 fully saturated rings. The summed E-state index contributed by atoms with van der Waals surface area (Å²) in [6, 6.07) is 10.7. The van der Waals surface area contributed by atoms with Gasteiger partial charge in [0.25, 0.3) is 0 Å². The molecule has 1 aromatic rings. The third-order valence-corrected chi connectivity index (χ3v) is 3.84. The van der Waals surface area contributed by atoms with Crippen LogP contribution in [-0.4, -0.2) is 47.9 Å². The smallest absolute Gasteiger partial charge is 0.108 e. The minimum absolute atomic E-state index is 0.124. The summed E-state index contributed by atoms with van der Waals surface area (Å²) < 4.78 is 0. The first-order valence-electron chi connectivity index (χ1n) is 7.05. The van der Waals surface area contributed by atoms with Crippen LogP contribution in [0, 0.1) is 5.41 Å². The topological polar surface area (TPSA) is 56.4 Å². The number of rotatable bonds is 5. The second-order valence-corrected chi connectivity index (χ2v) is 5.18. The summed E-state index contributed by atoms with van der Waals surface area (Å²) in [7, 11) is 0. The van der Waals surface area contributed by atoms with Gasteiger partial charge in [-0.2, -0.15) is 0 Å². The molecule has 0 spiro atoms. The Hall–Kier alpha value is -1.39. The number of piperazine rings is 1. The van der Waals surface area contributed by atoms with Gasteiger partial charge in [-0.05, 0) is 12.0 Å². The second-order valence-electron chi connectivity index (χ2n) is 5.18. The van der Waals surface area contributed by atoms with E-state index in [2.05, 4.69) is 47.1 Å². The van der Waals surface area contributed by atoms with Crippen LogP contribution < -0.4 is 5.73 Å². The van der Waals surface area contributed by atoms with Crippen LogP contribution in [0.15, 0.2) is 30.3 Å². The van der Waals surface area contributed by atoms with E-state index in [1.165, 1.54) is 5.56 Å². The molecule has 1 aliphatic rings. The van der Waals surface area contributed by atoms with Crippen LogP contribution in [0.25, 0.3) is 0 Å². The molecule has 19 heavy (non-hydrogen) atoms. The Morgan fingerprint density at radius 3 is 2.37 bits per heavy atom. The zero-order chi connectivity index (χ0) is 13.7. The Labute approximate surface area is 115 Å². The lowest BCUT2D eigenvalue weighted by molar-refractivity contribution is 0.111. The van der Waals surface area contributed by atoms with Crippen LogP contribution in [0.1, 0.15) is 18.9 Å². The molecule has 3 N–H and O–H groups in total. The number of amidine groups is 1. The molecule has 2 rings (SSSR count). The van der Waals surface area contributed by atoms with E-state index >= 15 is 0 Å². The third-order valence-electron chi connectivity index (χ3n) is 3.84. The quantitative estimate of drug-likeness (QED) is 0.623. The van der Waals surface area contributed by atoms with Crippen LogP contribution in [0.4, 0.5) is 0 Å². The highest BCUT2D eigenvalue weighted by atomic mass is 15.3. The first-order chi connectivity index (χ1) is 9.20. The van der Waals surface area contributed by atoms with Crippen molar-refractivity contribution in [2.24, 2.45) is 5.73 Å². The molecular formula is C15H24N4. The van der Waals surface area contributed by atoms with Gasteiger partial charge in [-0.1, -0.05) is 37.3 Å². The maximum absolute atomic E-state index is 7.64. The Kier molecular flexibility index (Phi) is 4.93. The van der Waals surface area contributed by atoms with Gasteiger partial charge in [0.05, 0.1) is 6.04 Å². The molecule has 104 valence electrons. The lowest BCUT2D eigenvalue weighted by Crippen LogP contribution is -2.53. The van der Waals surface area contributed by atoms with Crippen LogP contribution >= 0.6 is 0 Å². The molecule has 0 aromatic heterocycles. The number of nitrogens with two attached hydrogens (primary N) is 1. The monoisotopic (exact) mass is 260 g/mol. The highest BCUT2D eigenvalue weighted by Crippen LogP contribution is 2.12. The summed E-state index contributed by atoms with van der Waals surface area (Å²) in [6.45, 7) is 7.24. The van der Waals surface area contributed by atoms with Crippen molar-refractivity contribution >= 4 is 5.84 Å². The van der Waals surface area contributed by atoms with Gasteiger partial charge in [0.15, 0.2) is 0 Å². The molecule has 4 nitrogen and oxygen atoms in total. The molecule has 1 unspecified atom stereocenters. The number of hydrogen-bond donors (Lipinski definition) is 2. The van der Waals surface area contributed by atoms with Crippen molar-refractivity contribution in [3.8, 4) is 0 Å². The number of nitrogens with one attached hydrogen (secondary N) is 1. The molecule has 1 heterocycles. The molecule has 0 saturated carbocycles. The number of benzene rings is 1.